The molecular formula is C29H35N3O5S2. The molecule has 0 spiro atoms. The Morgan fingerprint density at radius 1 is 0.846 bits per heavy atom. The first-order valence-corrected chi connectivity index (χ1v) is 16.9. The molecule has 0 unspecified atom stereocenters. The Labute approximate surface area is 230 Å². The summed E-state index contributed by atoms with van der Waals surface area (Å²) in [4.78, 5) is 6.79. The van der Waals surface area contributed by atoms with Gasteiger partial charge in [-0.3, -0.25) is 0 Å². The van der Waals surface area contributed by atoms with E-state index in [0.29, 0.717) is 31.4 Å². The number of pyridine rings is 1. The van der Waals surface area contributed by atoms with Crippen LogP contribution in [0.25, 0.3) is 21.8 Å². The van der Waals surface area contributed by atoms with Crippen molar-refractivity contribution in [1.29, 1.82) is 0 Å². The number of nitrogens with zero attached hydrogens (tertiary/aromatic N) is 2. The molecule has 3 aromatic carbocycles. The van der Waals surface area contributed by atoms with Crippen LogP contribution in [0.1, 0.15) is 24.0 Å². The summed E-state index contributed by atoms with van der Waals surface area (Å²) in [6.45, 7) is 0.307. The minimum Gasteiger partial charge on any atom is -0.392 e. The Morgan fingerprint density at radius 3 is 1.97 bits per heavy atom. The molecule has 10 heteroatoms. The molecule has 0 bridgehead atoms. The van der Waals surface area contributed by atoms with E-state index in [4.69, 9.17) is 4.98 Å². The first kappa shape index (κ1) is 28.8. The minimum absolute atomic E-state index is 0.0482. The summed E-state index contributed by atoms with van der Waals surface area (Å²) >= 11 is 0. The highest BCUT2D eigenvalue weighted by atomic mass is 32.2. The van der Waals surface area contributed by atoms with E-state index in [-0.39, 0.29) is 18.1 Å². The molecule has 208 valence electrons. The quantitative estimate of drug-likeness (QED) is 0.240. The second-order valence-electron chi connectivity index (χ2n) is 10.1. The van der Waals surface area contributed by atoms with Crippen LogP contribution in [0, 0.1) is 0 Å². The topological polar surface area (TPSA) is 117 Å². The Bertz CT molecular complexity index is 1650. The summed E-state index contributed by atoms with van der Waals surface area (Å²) in [5, 5.41) is 15.6. The average Bonchev–Trinajstić information content (AvgIpc) is 2.87. The van der Waals surface area contributed by atoms with Crippen LogP contribution in [0.3, 0.4) is 0 Å². The number of hydrogen-bond donors (Lipinski definition) is 2. The van der Waals surface area contributed by atoms with E-state index in [9.17, 15) is 21.9 Å². The molecule has 0 radical (unpaired) electrons. The lowest BCUT2D eigenvalue weighted by atomic mass is 10.00. The molecule has 1 heterocycles. The number of nitrogens with one attached hydrogen (secondary N) is 1. The number of para-hydroxylation sites is 2. The number of aliphatic hydroxyl groups is 1. The molecule has 0 fully saturated rings. The van der Waals surface area contributed by atoms with Crippen molar-refractivity contribution in [2.24, 2.45) is 0 Å². The molecule has 1 aromatic heterocycles. The monoisotopic (exact) mass is 569 g/mol. The van der Waals surface area contributed by atoms with Crippen LogP contribution < -0.4 is 10.2 Å². The Balaban J connectivity index is 1.84. The van der Waals surface area contributed by atoms with E-state index < -0.39 is 19.7 Å². The zero-order valence-corrected chi connectivity index (χ0v) is 24.1. The lowest BCUT2D eigenvalue weighted by molar-refractivity contribution is 0.282. The summed E-state index contributed by atoms with van der Waals surface area (Å²) in [7, 11) is -4.36. The number of fused-ring (bicyclic) bond motifs is 2. The standard InChI is InChI=1S/C29H35N3O5S2/c1-32(15-9-17-39(3,36)37)28-19-21(20-33)18-27(22(28)12-8-16-38(2,34)35)31-29-23-10-4-6-13-25(23)30-26-14-7-5-11-24(26)29/h4-7,10-11,13-14,18-19,33H,8-9,12,15-17,20H2,1-3H3,(H,30,31). The van der Waals surface area contributed by atoms with Crippen molar-refractivity contribution in [3.05, 3.63) is 71.8 Å². The summed E-state index contributed by atoms with van der Waals surface area (Å²) in [6, 6.07) is 19.5. The van der Waals surface area contributed by atoms with E-state index >= 15 is 0 Å². The van der Waals surface area contributed by atoms with Crippen molar-refractivity contribution in [2.45, 2.75) is 25.9 Å². The maximum atomic E-state index is 11.9. The maximum absolute atomic E-state index is 11.9. The summed E-state index contributed by atoms with van der Waals surface area (Å²) < 4.78 is 47.2. The number of aliphatic hydroxyl groups excluding tert-OH is 1. The number of anilines is 3. The fourth-order valence-electron chi connectivity index (χ4n) is 4.83. The highest BCUT2D eigenvalue weighted by Crippen LogP contribution is 2.37. The highest BCUT2D eigenvalue weighted by molar-refractivity contribution is 7.90. The third-order valence-electron chi connectivity index (χ3n) is 6.68. The molecular weight excluding hydrogens is 534 g/mol. The van der Waals surface area contributed by atoms with Crippen LogP contribution in [-0.4, -0.2) is 64.5 Å². The van der Waals surface area contributed by atoms with Gasteiger partial charge in [-0.2, -0.15) is 0 Å². The number of benzene rings is 3. The van der Waals surface area contributed by atoms with Crippen LogP contribution in [0.5, 0.6) is 0 Å². The number of sulfone groups is 2. The molecule has 39 heavy (non-hydrogen) atoms. The van der Waals surface area contributed by atoms with Crippen molar-refractivity contribution >= 4 is 58.5 Å². The summed E-state index contributed by atoms with van der Waals surface area (Å²) in [6.07, 6.45) is 3.81. The third kappa shape index (κ3) is 7.46. The smallest absolute Gasteiger partial charge is 0.147 e. The predicted octanol–water partition coefficient (Wildman–Crippen LogP) is 4.47. The van der Waals surface area contributed by atoms with Crippen LogP contribution in [0.2, 0.25) is 0 Å². The van der Waals surface area contributed by atoms with E-state index in [1.807, 2.05) is 72.6 Å². The molecule has 0 saturated heterocycles. The number of aromatic nitrogens is 1. The largest absolute Gasteiger partial charge is 0.392 e. The molecule has 0 aliphatic heterocycles. The molecule has 0 saturated carbocycles. The first-order chi connectivity index (χ1) is 18.4. The van der Waals surface area contributed by atoms with Gasteiger partial charge in [0.25, 0.3) is 0 Å². The molecule has 8 nitrogen and oxygen atoms in total. The molecule has 0 amide bonds. The van der Waals surface area contributed by atoms with Gasteiger partial charge >= 0.3 is 0 Å². The second-order valence-corrected chi connectivity index (χ2v) is 14.6. The fraction of sp³-hybridized carbons (Fsp3) is 0.345. The van der Waals surface area contributed by atoms with E-state index in [2.05, 4.69) is 5.32 Å². The minimum atomic E-state index is -3.15. The molecule has 0 atom stereocenters. The summed E-state index contributed by atoms with van der Waals surface area (Å²) in [5.41, 5.74) is 5.75. The molecule has 0 aliphatic rings. The van der Waals surface area contributed by atoms with E-state index in [1.165, 1.54) is 12.5 Å². The molecule has 4 aromatic rings. The van der Waals surface area contributed by atoms with Crippen LogP contribution in [0.4, 0.5) is 17.1 Å². The molecule has 4 rings (SSSR count). The Hall–Kier alpha value is -3.21. The first-order valence-electron chi connectivity index (χ1n) is 12.8. The normalized spacial score (nSPS) is 12.2. The van der Waals surface area contributed by atoms with Crippen molar-refractivity contribution in [2.75, 3.05) is 47.8 Å². The highest BCUT2D eigenvalue weighted by Gasteiger charge is 2.18. The summed E-state index contributed by atoms with van der Waals surface area (Å²) in [5.74, 6) is 0.118. The Kier molecular flexibility index (Phi) is 8.78. The van der Waals surface area contributed by atoms with Gasteiger partial charge in [0.1, 0.15) is 19.7 Å². The fourth-order valence-corrected chi connectivity index (χ4v) is 6.15. The zero-order chi connectivity index (χ0) is 28.2. The Morgan fingerprint density at radius 2 is 1.41 bits per heavy atom. The lowest BCUT2D eigenvalue weighted by Gasteiger charge is -2.26. The van der Waals surface area contributed by atoms with Crippen molar-refractivity contribution < 1.29 is 21.9 Å². The number of hydrogen-bond acceptors (Lipinski definition) is 8. The van der Waals surface area contributed by atoms with Gasteiger partial charge in [-0.1, -0.05) is 36.4 Å². The van der Waals surface area contributed by atoms with Crippen molar-refractivity contribution in [3.8, 4) is 0 Å². The van der Waals surface area contributed by atoms with Crippen LogP contribution >= 0.6 is 0 Å². The van der Waals surface area contributed by atoms with E-state index in [1.54, 1.807) is 0 Å². The average molecular weight is 570 g/mol. The van der Waals surface area contributed by atoms with Gasteiger partial charge in [-0.05, 0) is 54.7 Å². The zero-order valence-electron chi connectivity index (χ0n) is 22.5. The maximum Gasteiger partial charge on any atom is 0.147 e. The van der Waals surface area contributed by atoms with E-state index in [0.717, 1.165) is 44.4 Å². The third-order valence-corrected chi connectivity index (χ3v) is 8.74. The predicted molar refractivity (Wildman–Crippen MR) is 161 cm³/mol. The number of rotatable bonds is 12. The van der Waals surface area contributed by atoms with Gasteiger partial charge in [-0.15, -0.1) is 0 Å². The van der Waals surface area contributed by atoms with Gasteiger partial charge in [-0.25, -0.2) is 21.8 Å². The SMILES string of the molecule is CN(CCCS(C)(=O)=O)c1cc(CO)cc(Nc2c3ccccc3nc3ccccc23)c1CCCS(C)(=O)=O. The van der Waals surface area contributed by atoms with Crippen LogP contribution in [0.15, 0.2) is 60.7 Å². The van der Waals surface area contributed by atoms with Gasteiger partial charge < -0.3 is 15.3 Å². The van der Waals surface area contributed by atoms with Crippen LogP contribution in [-0.2, 0) is 32.7 Å². The van der Waals surface area contributed by atoms with Gasteiger partial charge in [0.05, 0.1) is 34.8 Å². The second kappa shape index (κ2) is 11.9. The van der Waals surface area contributed by atoms with Gasteiger partial charge in [0.2, 0.25) is 0 Å². The van der Waals surface area contributed by atoms with Crippen molar-refractivity contribution in [3.63, 3.8) is 0 Å². The van der Waals surface area contributed by atoms with Gasteiger partial charge in [0, 0.05) is 48.3 Å². The van der Waals surface area contributed by atoms with Crippen molar-refractivity contribution in [1.82, 2.24) is 4.98 Å². The lowest BCUT2D eigenvalue weighted by Crippen LogP contribution is -2.23. The molecule has 2 N–H and O–H groups in total. The van der Waals surface area contributed by atoms with Gasteiger partial charge in [0.15, 0.2) is 0 Å². The molecule has 0 aliphatic carbocycles.